The fraction of sp³-hybridized carbons (Fsp3) is 0.533. The van der Waals surface area contributed by atoms with Crippen LogP contribution in [-0.4, -0.2) is 10.7 Å². The third-order valence-corrected chi connectivity index (χ3v) is 4.66. The van der Waals surface area contributed by atoms with Crippen LogP contribution in [0, 0.1) is 43.7 Å². The summed E-state index contributed by atoms with van der Waals surface area (Å²) in [4.78, 5) is 23.6. The number of carbonyl (C=O) groups is 1. The minimum absolute atomic E-state index is 0.0529. The molecule has 0 unspecified atom stereocenters. The molecule has 4 heteroatoms. The summed E-state index contributed by atoms with van der Waals surface area (Å²) in [5.41, 5.74) is 5.21. The van der Waals surface area contributed by atoms with Crippen LogP contribution < -0.4 is 0 Å². The standard InChI is InChI=1S/C15H19NO3/c1-6-11-14(16(18)19)12-9(4)7(2)8(3)10(5)13(12)15(11)17/h11,14H,6H2,1-5H3/t11-,14-/m1/s1. The lowest BCUT2D eigenvalue weighted by Gasteiger charge is -2.15. The van der Waals surface area contributed by atoms with Gasteiger partial charge in [-0.1, -0.05) is 6.92 Å². The molecule has 0 bridgehead atoms. The first kappa shape index (κ1) is 13.7. The smallest absolute Gasteiger partial charge is 0.249 e. The summed E-state index contributed by atoms with van der Waals surface area (Å²) in [5, 5.41) is 11.4. The fourth-order valence-corrected chi connectivity index (χ4v) is 3.22. The summed E-state index contributed by atoms with van der Waals surface area (Å²) < 4.78 is 0. The maximum atomic E-state index is 12.5. The van der Waals surface area contributed by atoms with Gasteiger partial charge in [0.2, 0.25) is 6.04 Å². The topological polar surface area (TPSA) is 60.2 Å². The summed E-state index contributed by atoms with van der Waals surface area (Å²) in [5.74, 6) is -0.563. The zero-order chi connectivity index (χ0) is 14.5. The van der Waals surface area contributed by atoms with Gasteiger partial charge in [-0.25, -0.2) is 0 Å². The SMILES string of the molecule is CC[C@H]1C(=O)c2c(C)c(C)c(C)c(C)c2[C@@H]1[N+](=O)[O-]. The number of carbonyl (C=O) groups excluding carboxylic acids is 1. The highest BCUT2D eigenvalue weighted by Crippen LogP contribution is 2.44. The molecule has 1 aromatic carbocycles. The summed E-state index contributed by atoms with van der Waals surface area (Å²) in [6, 6.07) is -0.870. The zero-order valence-corrected chi connectivity index (χ0v) is 12.0. The van der Waals surface area contributed by atoms with Crippen LogP contribution in [0.4, 0.5) is 0 Å². The molecule has 0 heterocycles. The molecule has 0 aromatic heterocycles. The Morgan fingerprint density at radius 1 is 1.05 bits per heavy atom. The number of hydrogen-bond acceptors (Lipinski definition) is 3. The quantitative estimate of drug-likeness (QED) is 0.605. The van der Waals surface area contributed by atoms with Crippen LogP contribution in [0.25, 0.3) is 0 Å². The average Bonchev–Trinajstić information content (AvgIpc) is 2.66. The monoisotopic (exact) mass is 261 g/mol. The number of rotatable bonds is 2. The van der Waals surface area contributed by atoms with E-state index in [9.17, 15) is 14.9 Å². The summed E-state index contributed by atoms with van der Waals surface area (Å²) in [7, 11) is 0. The van der Waals surface area contributed by atoms with Crippen molar-refractivity contribution < 1.29 is 9.72 Å². The molecule has 0 N–H and O–H groups in total. The first-order valence-corrected chi connectivity index (χ1v) is 6.60. The molecule has 0 radical (unpaired) electrons. The fourth-order valence-electron chi connectivity index (χ4n) is 3.22. The number of ketones is 1. The molecule has 1 aromatic rings. The van der Waals surface area contributed by atoms with Crippen LogP contribution in [0.5, 0.6) is 0 Å². The van der Waals surface area contributed by atoms with E-state index in [1.807, 2.05) is 34.6 Å². The lowest BCUT2D eigenvalue weighted by atomic mass is 9.89. The molecule has 0 saturated carbocycles. The molecule has 1 aliphatic carbocycles. The van der Waals surface area contributed by atoms with E-state index in [1.54, 1.807) is 0 Å². The molecule has 102 valence electrons. The number of fused-ring (bicyclic) bond motifs is 1. The van der Waals surface area contributed by atoms with Crippen LogP contribution >= 0.6 is 0 Å². The lowest BCUT2D eigenvalue weighted by Crippen LogP contribution is -2.19. The Labute approximate surface area is 113 Å². The first-order chi connectivity index (χ1) is 8.82. The van der Waals surface area contributed by atoms with Gasteiger partial charge in [-0.3, -0.25) is 14.9 Å². The van der Waals surface area contributed by atoms with Gasteiger partial charge in [0.05, 0.1) is 5.92 Å². The van der Waals surface area contributed by atoms with Crippen molar-refractivity contribution in [3.63, 3.8) is 0 Å². The average molecular weight is 261 g/mol. The van der Waals surface area contributed by atoms with Crippen LogP contribution in [0.2, 0.25) is 0 Å². The molecule has 0 amide bonds. The minimum atomic E-state index is -0.870. The maximum absolute atomic E-state index is 12.5. The number of Topliss-reactive ketones (excluding diaryl/α,β-unsaturated/α-hetero) is 1. The molecule has 1 aliphatic rings. The first-order valence-electron chi connectivity index (χ1n) is 6.60. The van der Waals surface area contributed by atoms with Crippen LogP contribution in [-0.2, 0) is 0 Å². The highest BCUT2D eigenvalue weighted by atomic mass is 16.6. The van der Waals surface area contributed by atoms with Crippen LogP contribution in [0.1, 0.15) is 57.6 Å². The van der Waals surface area contributed by atoms with Gasteiger partial charge in [0.15, 0.2) is 5.78 Å². The second-order valence-electron chi connectivity index (χ2n) is 5.40. The molecule has 0 fully saturated rings. The predicted molar refractivity (Wildman–Crippen MR) is 73.2 cm³/mol. The highest BCUT2D eigenvalue weighted by molar-refractivity contribution is 6.05. The number of nitro groups is 1. The maximum Gasteiger partial charge on any atom is 0.249 e. The second kappa shape index (κ2) is 4.44. The minimum Gasteiger partial charge on any atom is -0.294 e. The van der Waals surface area contributed by atoms with Crippen molar-refractivity contribution in [2.45, 2.75) is 47.1 Å². The molecule has 19 heavy (non-hydrogen) atoms. The van der Waals surface area contributed by atoms with Gasteiger partial charge in [0, 0.05) is 16.1 Å². The Balaban J connectivity index is 2.84. The van der Waals surface area contributed by atoms with Crippen molar-refractivity contribution in [1.82, 2.24) is 0 Å². The van der Waals surface area contributed by atoms with Crippen molar-refractivity contribution in [2.75, 3.05) is 0 Å². The van der Waals surface area contributed by atoms with Crippen molar-refractivity contribution in [3.05, 3.63) is 43.5 Å². The van der Waals surface area contributed by atoms with E-state index in [-0.39, 0.29) is 10.7 Å². The van der Waals surface area contributed by atoms with Crippen molar-refractivity contribution >= 4 is 5.78 Å². The van der Waals surface area contributed by atoms with E-state index in [4.69, 9.17) is 0 Å². The predicted octanol–water partition coefficient (Wildman–Crippen LogP) is 3.46. The van der Waals surface area contributed by atoms with Gasteiger partial charge < -0.3 is 0 Å². The molecule has 0 saturated heterocycles. The highest BCUT2D eigenvalue weighted by Gasteiger charge is 2.48. The summed E-state index contributed by atoms with van der Waals surface area (Å²) in [6.45, 7) is 9.58. The van der Waals surface area contributed by atoms with Crippen molar-refractivity contribution in [3.8, 4) is 0 Å². The van der Waals surface area contributed by atoms with E-state index >= 15 is 0 Å². The van der Waals surface area contributed by atoms with Gasteiger partial charge in [-0.2, -0.15) is 0 Å². The molecule has 0 aliphatic heterocycles. The molecular formula is C15H19NO3. The normalized spacial score (nSPS) is 21.6. The van der Waals surface area contributed by atoms with Gasteiger partial charge in [0.1, 0.15) is 0 Å². The van der Waals surface area contributed by atoms with Crippen LogP contribution in [0.3, 0.4) is 0 Å². The lowest BCUT2D eigenvalue weighted by molar-refractivity contribution is -0.534. The number of nitrogens with zero attached hydrogens (tertiary/aromatic N) is 1. The Morgan fingerprint density at radius 3 is 2.05 bits per heavy atom. The Morgan fingerprint density at radius 2 is 1.58 bits per heavy atom. The van der Waals surface area contributed by atoms with E-state index < -0.39 is 12.0 Å². The molecule has 0 spiro atoms. The van der Waals surface area contributed by atoms with E-state index in [1.165, 1.54) is 0 Å². The Bertz CT molecular complexity index is 590. The second-order valence-corrected chi connectivity index (χ2v) is 5.40. The number of benzene rings is 1. The van der Waals surface area contributed by atoms with Crippen LogP contribution in [0.15, 0.2) is 0 Å². The molecule has 2 atom stereocenters. The van der Waals surface area contributed by atoms with E-state index in [0.717, 1.165) is 22.3 Å². The summed E-state index contributed by atoms with van der Waals surface area (Å²) in [6.07, 6.45) is 0.510. The molecule has 4 nitrogen and oxygen atoms in total. The van der Waals surface area contributed by atoms with Crippen molar-refractivity contribution in [1.29, 1.82) is 0 Å². The van der Waals surface area contributed by atoms with Crippen molar-refractivity contribution in [2.24, 2.45) is 5.92 Å². The van der Waals surface area contributed by atoms with Gasteiger partial charge in [-0.05, 0) is 56.4 Å². The van der Waals surface area contributed by atoms with E-state index in [0.29, 0.717) is 17.5 Å². The molecule has 2 rings (SSSR count). The zero-order valence-electron chi connectivity index (χ0n) is 12.0. The molecular weight excluding hydrogens is 242 g/mol. The summed E-state index contributed by atoms with van der Waals surface area (Å²) >= 11 is 0. The van der Waals surface area contributed by atoms with E-state index in [2.05, 4.69) is 0 Å². The van der Waals surface area contributed by atoms with Gasteiger partial charge >= 0.3 is 0 Å². The third kappa shape index (κ3) is 1.70. The number of hydrogen-bond donors (Lipinski definition) is 0. The Hall–Kier alpha value is -1.71. The van der Waals surface area contributed by atoms with Gasteiger partial charge in [0.25, 0.3) is 0 Å². The third-order valence-electron chi connectivity index (χ3n) is 4.66. The Kier molecular flexibility index (Phi) is 3.20. The largest absolute Gasteiger partial charge is 0.294 e. The van der Waals surface area contributed by atoms with Gasteiger partial charge in [-0.15, -0.1) is 0 Å².